The van der Waals surface area contributed by atoms with Crippen LogP contribution < -0.4 is 5.32 Å². The molecular formula is C9H15NO2S. The van der Waals surface area contributed by atoms with Gasteiger partial charge in [-0.25, -0.2) is 0 Å². The maximum absolute atomic E-state index is 11.7. The summed E-state index contributed by atoms with van der Waals surface area (Å²) in [5, 5.41) is 3.42. The summed E-state index contributed by atoms with van der Waals surface area (Å²) in [6, 6.07) is 0.346. The average Bonchev–Trinajstić information content (AvgIpc) is 2.61. The van der Waals surface area contributed by atoms with Gasteiger partial charge in [-0.2, -0.15) is 11.8 Å². The number of esters is 1. The minimum absolute atomic E-state index is 0.0188. The van der Waals surface area contributed by atoms with Crippen molar-refractivity contribution in [3.8, 4) is 0 Å². The van der Waals surface area contributed by atoms with E-state index in [9.17, 15) is 4.79 Å². The first kappa shape index (κ1) is 9.34. The van der Waals surface area contributed by atoms with E-state index in [1.54, 1.807) is 0 Å². The SMILES string of the molecule is COC(=O)C12CCCNC1CSC2. The molecular weight excluding hydrogens is 186 g/mol. The first-order valence-electron chi connectivity index (χ1n) is 4.69. The fourth-order valence-corrected chi connectivity index (χ4v) is 3.92. The third kappa shape index (κ3) is 1.36. The molecule has 2 atom stereocenters. The van der Waals surface area contributed by atoms with Gasteiger partial charge >= 0.3 is 5.97 Å². The molecule has 2 fully saturated rings. The van der Waals surface area contributed by atoms with Gasteiger partial charge in [-0.15, -0.1) is 0 Å². The van der Waals surface area contributed by atoms with Crippen molar-refractivity contribution in [1.82, 2.24) is 5.32 Å². The van der Waals surface area contributed by atoms with Crippen LogP contribution >= 0.6 is 11.8 Å². The van der Waals surface area contributed by atoms with Crippen LogP contribution in [0.5, 0.6) is 0 Å². The molecule has 2 aliphatic heterocycles. The quantitative estimate of drug-likeness (QED) is 0.632. The van der Waals surface area contributed by atoms with Gasteiger partial charge in [-0.05, 0) is 19.4 Å². The van der Waals surface area contributed by atoms with Crippen molar-refractivity contribution < 1.29 is 9.53 Å². The molecule has 3 nitrogen and oxygen atoms in total. The topological polar surface area (TPSA) is 38.3 Å². The standard InChI is InChI=1S/C9H15NO2S/c1-12-8(11)9-3-2-4-10-7(9)5-13-6-9/h7,10H,2-6H2,1H3. The van der Waals surface area contributed by atoms with Crippen molar-refractivity contribution >= 4 is 17.7 Å². The van der Waals surface area contributed by atoms with Gasteiger partial charge in [0, 0.05) is 17.5 Å². The van der Waals surface area contributed by atoms with Gasteiger partial charge in [0.2, 0.25) is 0 Å². The summed E-state index contributed by atoms with van der Waals surface area (Å²) in [7, 11) is 1.49. The van der Waals surface area contributed by atoms with E-state index in [2.05, 4.69) is 5.32 Å². The van der Waals surface area contributed by atoms with Crippen molar-refractivity contribution in [2.45, 2.75) is 18.9 Å². The molecule has 2 rings (SSSR count). The molecule has 2 heterocycles. The third-order valence-electron chi connectivity index (χ3n) is 3.09. The van der Waals surface area contributed by atoms with E-state index in [1.165, 1.54) is 7.11 Å². The van der Waals surface area contributed by atoms with E-state index in [0.29, 0.717) is 6.04 Å². The fraction of sp³-hybridized carbons (Fsp3) is 0.889. The number of nitrogens with one attached hydrogen (secondary N) is 1. The summed E-state index contributed by atoms with van der Waals surface area (Å²) in [6.07, 6.45) is 2.08. The molecule has 4 heteroatoms. The van der Waals surface area contributed by atoms with Crippen LogP contribution in [0.1, 0.15) is 12.8 Å². The van der Waals surface area contributed by atoms with Crippen molar-refractivity contribution in [2.75, 3.05) is 25.2 Å². The Hall–Kier alpha value is -0.220. The summed E-state index contributed by atoms with van der Waals surface area (Å²) in [6.45, 7) is 1.05. The Labute approximate surface area is 82.6 Å². The molecule has 1 N–H and O–H groups in total. The highest BCUT2D eigenvalue weighted by atomic mass is 32.2. The van der Waals surface area contributed by atoms with Crippen molar-refractivity contribution in [2.24, 2.45) is 5.41 Å². The number of carbonyl (C=O) groups is 1. The Kier molecular flexibility index (Phi) is 2.51. The fourth-order valence-electron chi connectivity index (χ4n) is 2.31. The highest BCUT2D eigenvalue weighted by Gasteiger charge is 2.51. The highest BCUT2D eigenvalue weighted by Crippen LogP contribution is 2.42. The molecule has 0 bridgehead atoms. The maximum Gasteiger partial charge on any atom is 0.314 e. The predicted molar refractivity (Wildman–Crippen MR) is 52.8 cm³/mol. The number of ether oxygens (including phenoxy) is 1. The molecule has 0 saturated carbocycles. The molecule has 74 valence electrons. The van der Waals surface area contributed by atoms with Crippen LogP contribution in [0, 0.1) is 5.41 Å². The number of carbonyl (C=O) groups excluding carboxylic acids is 1. The van der Waals surface area contributed by atoms with Gasteiger partial charge in [0.15, 0.2) is 0 Å². The number of piperidine rings is 1. The molecule has 0 radical (unpaired) electrons. The van der Waals surface area contributed by atoms with E-state index >= 15 is 0 Å². The molecule has 0 aromatic carbocycles. The second-order valence-electron chi connectivity index (χ2n) is 3.77. The predicted octanol–water partition coefficient (Wildman–Crippen LogP) is 0.645. The summed E-state index contributed by atoms with van der Waals surface area (Å²) < 4.78 is 4.90. The Bertz CT molecular complexity index is 222. The minimum Gasteiger partial charge on any atom is -0.469 e. The molecule has 13 heavy (non-hydrogen) atoms. The first-order chi connectivity index (χ1) is 6.29. The zero-order chi connectivity index (χ0) is 9.31. The summed E-state index contributed by atoms with van der Waals surface area (Å²) in [4.78, 5) is 11.7. The van der Waals surface area contributed by atoms with E-state index in [-0.39, 0.29) is 11.4 Å². The monoisotopic (exact) mass is 201 g/mol. The number of hydrogen-bond donors (Lipinski definition) is 1. The van der Waals surface area contributed by atoms with E-state index in [1.807, 2.05) is 11.8 Å². The summed E-state index contributed by atoms with van der Waals surface area (Å²) in [5.74, 6) is 1.96. The van der Waals surface area contributed by atoms with E-state index in [4.69, 9.17) is 4.74 Å². The lowest BCUT2D eigenvalue weighted by Crippen LogP contribution is -2.53. The largest absolute Gasteiger partial charge is 0.469 e. The van der Waals surface area contributed by atoms with Gasteiger partial charge < -0.3 is 10.1 Å². The number of thioether (sulfide) groups is 1. The van der Waals surface area contributed by atoms with Gasteiger partial charge in [0.05, 0.1) is 12.5 Å². The Morgan fingerprint density at radius 3 is 3.31 bits per heavy atom. The summed E-state index contributed by atoms with van der Waals surface area (Å²) in [5.41, 5.74) is -0.211. The zero-order valence-electron chi connectivity index (χ0n) is 7.84. The van der Waals surface area contributed by atoms with Crippen LogP contribution in [0.4, 0.5) is 0 Å². The molecule has 0 aromatic heterocycles. The minimum atomic E-state index is -0.211. The molecule has 2 unspecified atom stereocenters. The third-order valence-corrected chi connectivity index (χ3v) is 4.38. The van der Waals surface area contributed by atoms with Crippen LogP contribution in [0.3, 0.4) is 0 Å². The molecule has 0 amide bonds. The molecule has 0 aliphatic carbocycles. The number of methoxy groups -OCH3 is 1. The van der Waals surface area contributed by atoms with Crippen molar-refractivity contribution in [1.29, 1.82) is 0 Å². The lowest BCUT2D eigenvalue weighted by molar-refractivity contribution is -0.153. The Morgan fingerprint density at radius 2 is 2.54 bits per heavy atom. The first-order valence-corrected chi connectivity index (χ1v) is 5.84. The van der Waals surface area contributed by atoms with Gasteiger partial charge in [0.25, 0.3) is 0 Å². The lowest BCUT2D eigenvalue weighted by Gasteiger charge is -2.36. The smallest absolute Gasteiger partial charge is 0.314 e. The Balaban J connectivity index is 2.20. The number of fused-ring (bicyclic) bond motifs is 1. The highest BCUT2D eigenvalue weighted by molar-refractivity contribution is 7.99. The van der Waals surface area contributed by atoms with Crippen LogP contribution in [-0.4, -0.2) is 37.2 Å². The average molecular weight is 201 g/mol. The number of hydrogen-bond acceptors (Lipinski definition) is 4. The van der Waals surface area contributed by atoms with Crippen molar-refractivity contribution in [3.63, 3.8) is 0 Å². The lowest BCUT2D eigenvalue weighted by atomic mass is 9.76. The van der Waals surface area contributed by atoms with Crippen molar-refractivity contribution in [3.05, 3.63) is 0 Å². The second kappa shape index (κ2) is 3.50. The second-order valence-corrected chi connectivity index (χ2v) is 4.80. The van der Waals surface area contributed by atoms with Gasteiger partial charge in [-0.1, -0.05) is 0 Å². The van der Waals surface area contributed by atoms with Gasteiger partial charge in [0.1, 0.15) is 0 Å². The van der Waals surface area contributed by atoms with Crippen LogP contribution in [-0.2, 0) is 9.53 Å². The van der Waals surface area contributed by atoms with E-state index < -0.39 is 0 Å². The molecule has 2 saturated heterocycles. The molecule has 0 spiro atoms. The maximum atomic E-state index is 11.7. The van der Waals surface area contributed by atoms with Crippen LogP contribution in [0.15, 0.2) is 0 Å². The molecule has 2 aliphatic rings. The van der Waals surface area contributed by atoms with Crippen LogP contribution in [0.25, 0.3) is 0 Å². The van der Waals surface area contributed by atoms with Crippen LogP contribution in [0.2, 0.25) is 0 Å². The normalized spacial score (nSPS) is 38.4. The summed E-state index contributed by atoms with van der Waals surface area (Å²) >= 11 is 1.86. The Morgan fingerprint density at radius 1 is 1.69 bits per heavy atom. The van der Waals surface area contributed by atoms with E-state index in [0.717, 1.165) is 30.9 Å². The molecule has 0 aromatic rings. The zero-order valence-corrected chi connectivity index (χ0v) is 8.65. The number of rotatable bonds is 1. The van der Waals surface area contributed by atoms with Gasteiger partial charge in [-0.3, -0.25) is 4.79 Å².